The fourth-order valence-corrected chi connectivity index (χ4v) is 2.99. The fraction of sp³-hybridized carbons (Fsp3) is 0.250. The monoisotopic (exact) mass is 322 g/mol. The summed E-state index contributed by atoms with van der Waals surface area (Å²) < 4.78 is 2.04. The van der Waals surface area contributed by atoms with Crippen molar-refractivity contribution in [2.24, 2.45) is 7.05 Å². The van der Waals surface area contributed by atoms with Crippen molar-refractivity contribution in [2.45, 2.75) is 19.3 Å². The van der Waals surface area contributed by atoms with Gasteiger partial charge in [0.1, 0.15) is 5.75 Å². The van der Waals surface area contributed by atoms with Crippen LogP contribution in [0.1, 0.15) is 17.5 Å². The molecule has 0 radical (unpaired) electrons. The summed E-state index contributed by atoms with van der Waals surface area (Å²) in [5, 5.41) is 13.7. The number of fused-ring (bicyclic) bond motifs is 1. The number of amides is 1. The predicted molar refractivity (Wildman–Crippen MR) is 96.1 cm³/mol. The fourth-order valence-electron chi connectivity index (χ4n) is 2.99. The topological polar surface area (TPSA) is 54.3 Å². The van der Waals surface area contributed by atoms with Crippen molar-refractivity contribution < 1.29 is 9.90 Å². The maximum absolute atomic E-state index is 12.0. The molecule has 1 heterocycles. The molecule has 3 aromatic rings. The lowest BCUT2D eigenvalue weighted by Gasteiger charge is -2.05. The number of rotatable bonds is 6. The number of hydrogen-bond donors (Lipinski definition) is 2. The van der Waals surface area contributed by atoms with Crippen LogP contribution < -0.4 is 5.32 Å². The van der Waals surface area contributed by atoms with Crippen LogP contribution in [-0.4, -0.2) is 22.1 Å². The minimum absolute atomic E-state index is 0.0712. The molecule has 0 spiro atoms. The third-order valence-electron chi connectivity index (χ3n) is 4.26. The molecule has 4 heteroatoms. The lowest BCUT2D eigenvalue weighted by molar-refractivity contribution is -0.121. The first kappa shape index (κ1) is 16.1. The van der Waals surface area contributed by atoms with Gasteiger partial charge in [0.2, 0.25) is 5.91 Å². The molecule has 4 nitrogen and oxygen atoms in total. The Morgan fingerprint density at radius 2 is 1.92 bits per heavy atom. The minimum Gasteiger partial charge on any atom is -0.508 e. The molecule has 2 aromatic carbocycles. The third-order valence-corrected chi connectivity index (χ3v) is 4.26. The smallest absolute Gasteiger partial charge is 0.220 e. The van der Waals surface area contributed by atoms with E-state index in [-0.39, 0.29) is 11.7 Å². The van der Waals surface area contributed by atoms with Crippen molar-refractivity contribution in [1.29, 1.82) is 0 Å². The summed E-state index contributed by atoms with van der Waals surface area (Å²) in [6.07, 6.45) is 4.06. The minimum atomic E-state index is 0.0712. The molecule has 0 saturated heterocycles. The van der Waals surface area contributed by atoms with Gasteiger partial charge in [0, 0.05) is 37.1 Å². The normalized spacial score (nSPS) is 10.9. The van der Waals surface area contributed by atoms with Gasteiger partial charge in [0.25, 0.3) is 0 Å². The van der Waals surface area contributed by atoms with Crippen LogP contribution in [0.3, 0.4) is 0 Å². The molecule has 24 heavy (non-hydrogen) atoms. The number of aryl methyl sites for hydroxylation is 2. The Bertz CT molecular complexity index is 837. The highest BCUT2D eigenvalue weighted by atomic mass is 16.3. The Hall–Kier alpha value is -2.75. The summed E-state index contributed by atoms with van der Waals surface area (Å²) in [4.78, 5) is 12.0. The van der Waals surface area contributed by atoms with Crippen molar-refractivity contribution in [1.82, 2.24) is 9.88 Å². The van der Waals surface area contributed by atoms with Gasteiger partial charge in [-0.1, -0.05) is 30.3 Å². The van der Waals surface area contributed by atoms with Gasteiger partial charge in [-0.05, 0) is 42.2 Å². The second kappa shape index (κ2) is 7.21. The van der Waals surface area contributed by atoms with Gasteiger partial charge in [0.05, 0.1) is 0 Å². The molecule has 1 aromatic heterocycles. The quantitative estimate of drug-likeness (QED) is 0.732. The molecule has 0 aliphatic carbocycles. The summed E-state index contributed by atoms with van der Waals surface area (Å²) in [5.41, 5.74) is 3.39. The SMILES string of the molecule is Cn1cc(CCNC(=O)CCc2ccccc2)c2cc(O)ccc21. The Labute approximate surface area is 141 Å². The van der Waals surface area contributed by atoms with Crippen LogP contribution in [0.2, 0.25) is 0 Å². The van der Waals surface area contributed by atoms with Crippen molar-refractivity contribution in [3.8, 4) is 5.75 Å². The Kier molecular flexibility index (Phi) is 4.85. The first-order chi connectivity index (χ1) is 11.6. The Morgan fingerprint density at radius 3 is 2.71 bits per heavy atom. The van der Waals surface area contributed by atoms with E-state index in [9.17, 15) is 9.90 Å². The highest BCUT2D eigenvalue weighted by molar-refractivity contribution is 5.85. The number of benzene rings is 2. The van der Waals surface area contributed by atoms with E-state index in [4.69, 9.17) is 0 Å². The number of nitrogens with zero attached hydrogens (tertiary/aromatic N) is 1. The van der Waals surface area contributed by atoms with E-state index in [2.05, 4.69) is 11.5 Å². The number of carbonyl (C=O) groups excluding carboxylic acids is 1. The van der Waals surface area contributed by atoms with E-state index in [1.54, 1.807) is 12.1 Å². The first-order valence-electron chi connectivity index (χ1n) is 8.21. The van der Waals surface area contributed by atoms with Crippen LogP contribution in [0.5, 0.6) is 5.75 Å². The molecular formula is C20H22N2O2. The summed E-state index contributed by atoms with van der Waals surface area (Å²) in [6, 6.07) is 15.4. The second-order valence-electron chi connectivity index (χ2n) is 6.05. The zero-order valence-electron chi connectivity index (χ0n) is 13.8. The van der Waals surface area contributed by atoms with Gasteiger partial charge in [0.15, 0.2) is 0 Å². The molecule has 0 fully saturated rings. The lowest BCUT2D eigenvalue weighted by Crippen LogP contribution is -2.25. The van der Waals surface area contributed by atoms with Crippen LogP contribution in [0.15, 0.2) is 54.7 Å². The van der Waals surface area contributed by atoms with Crippen LogP contribution in [0.25, 0.3) is 10.9 Å². The van der Waals surface area contributed by atoms with E-state index in [0.29, 0.717) is 13.0 Å². The van der Waals surface area contributed by atoms with Gasteiger partial charge in [-0.25, -0.2) is 0 Å². The number of nitrogens with one attached hydrogen (secondary N) is 1. The van der Waals surface area contributed by atoms with Crippen LogP contribution in [-0.2, 0) is 24.7 Å². The van der Waals surface area contributed by atoms with Crippen molar-refractivity contribution >= 4 is 16.8 Å². The number of phenols is 1. The molecule has 0 aliphatic rings. The average Bonchev–Trinajstić information content (AvgIpc) is 2.89. The maximum atomic E-state index is 12.0. The summed E-state index contributed by atoms with van der Waals surface area (Å²) >= 11 is 0. The molecule has 3 rings (SSSR count). The van der Waals surface area contributed by atoms with E-state index >= 15 is 0 Å². The molecule has 0 aliphatic heterocycles. The van der Waals surface area contributed by atoms with Gasteiger partial charge >= 0.3 is 0 Å². The number of carbonyl (C=O) groups is 1. The summed E-state index contributed by atoms with van der Waals surface area (Å²) in [5.74, 6) is 0.337. The maximum Gasteiger partial charge on any atom is 0.220 e. The summed E-state index contributed by atoms with van der Waals surface area (Å²) in [7, 11) is 1.99. The van der Waals surface area contributed by atoms with Crippen molar-refractivity contribution in [3.05, 3.63) is 65.9 Å². The highest BCUT2D eigenvalue weighted by Gasteiger charge is 2.08. The molecule has 124 valence electrons. The van der Waals surface area contributed by atoms with E-state index in [1.807, 2.05) is 48.0 Å². The van der Waals surface area contributed by atoms with E-state index in [1.165, 1.54) is 5.56 Å². The van der Waals surface area contributed by atoms with Crippen LogP contribution >= 0.6 is 0 Å². The largest absolute Gasteiger partial charge is 0.508 e. The zero-order valence-corrected chi connectivity index (χ0v) is 13.8. The average molecular weight is 322 g/mol. The zero-order chi connectivity index (χ0) is 16.9. The first-order valence-corrected chi connectivity index (χ1v) is 8.21. The van der Waals surface area contributed by atoms with Crippen molar-refractivity contribution in [2.75, 3.05) is 6.54 Å². The van der Waals surface area contributed by atoms with Gasteiger partial charge < -0.3 is 15.0 Å². The third kappa shape index (κ3) is 3.77. The van der Waals surface area contributed by atoms with E-state index in [0.717, 1.165) is 29.3 Å². The standard InChI is InChI=1S/C20H22N2O2/c1-22-14-16(18-13-17(23)8-9-19(18)22)11-12-21-20(24)10-7-15-5-3-2-4-6-15/h2-6,8-9,13-14,23H,7,10-12H2,1H3,(H,21,24). The lowest BCUT2D eigenvalue weighted by atomic mass is 10.1. The molecule has 0 saturated carbocycles. The van der Waals surface area contributed by atoms with Gasteiger partial charge in [-0.15, -0.1) is 0 Å². The highest BCUT2D eigenvalue weighted by Crippen LogP contribution is 2.25. The number of hydrogen-bond acceptors (Lipinski definition) is 2. The van der Waals surface area contributed by atoms with Crippen LogP contribution in [0.4, 0.5) is 0 Å². The molecular weight excluding hydrogens is 300 g/mol. The Morgan fingerprint density at radius 1 is 1.12 bits per heavy atom. The Balaban J connectivity index is 1.53. The van der Waals surface area contributed by atoms with E-state index < -0.39 is 0 Å². The number of phenolic OH excluding ortho intramolecular Hbond substituents is 1. The molecule has 0 unspecified atom stereocenters. The van der Waals surface area contributed by atoms with Crippen LogP contribution in [0, 0.1) is 0 Å². The molecule has 0 atom stereocenters. The van der Waals surface area contributed by atoms with Gasteiger partial charge in [-0.2, -0.15) is 0 Å². The van der Waals surface area contributed by atoms with Gasteiger partial charge in [-0.3, -0.25) is 4.79 Å². The summed E-state index contributed by atoms with van der Waals surface area (Å²) in [6.45, 7) is 0.600. The second-order valence-corrected chi connectivity index (χ2v) is 6.05. The number of aromatic nitrogens is 1. The molecule has 2 N–H and O–H groups in total. The number of aromatic hydroxyl groups is 1. The molecule has 1 amide bonds. The molecule has 0 bridgehead atoms. The predicted octanol–water partition coefficient (Wildman–Crippen LogP) is 3.18. The van der Waals surface area contributed by atoms with Crippen molar-refractivity contribution in [3.63, 3.8) is 0 Å².